The van der Waals surface area contributed by atoms with E-state index in [1.807, 2.05) is 6.07 Å². The Morgan fingerprint density at radius 3 is 2.73 bits per heavy atom. The number of nitrogens with one attached hydrogen (secondary N) is 1. The van der Waals surface area contributed by atoms with Crippen LogP contribution in [0.25, 0.3) is 5.69 Å². The first-order valence-corrected chi connectivity index (χ1v) is 15.1. The molecule has 1 amide bonds. The molecule has 1 heterocycles. The minimum absolute atomic E-state index is 0.00667. The number of esters is 1. The van der Waals surface area contributed by atoms with E-state index in [9.17, 15) is 14.0 Å². The zero-order valence-corrected chi connectivity index (χ0v) is 24.3. The van der Waals surface area contributed by atoms with E-state index in [0.29, 0.717) is 40.9 Å². The van der Waals surface area contributed by atoms with Crippen LogP contribution in [-0.4, -0.2) is 34.3 Å². The third kappa shape index (κ3) is 5.42. The maximum atomic E-state index is 14.1. The lowest BCUT2D eigenvalue weighted by molar-refractivity contribution is -0.149. The van der Waals surface area contributed by atoms with E-state index in [1.165, 1.54) is 6.07 Å². The van der Waals surface area contributed by atoms with E-state index in [-0.39, 0.29) is 41.5 Å². The average molecular weight is 597 g/mol. The molecule has 2 bridgehead atoms. The Hall–Kier alpha value is -3.16. The zero-order valence-electron chi connectivity index (χ0n) is 22.8. The molecule has 3 aliphatic rings. The van der Waals surface area contributed by atoms with Gasteiger partial charge >= 0.3 is 5.97 Å². The van der Waals surface area contributed by atoms with Gasteiger partial charge in [-0.1, -0.05) is 53.9 Å². The van der Waals surface area contributed by atoms with Crippen molar-refractivity contribution in [3.63, 3.8) is 0 Å². The largest absolute Gasteiger partial charge is 0.466 e. The number of hydrogen-bond donors (Lipinski definition) is 1. The molecule has 9 heteroatoms. The van der Waals surface area contributed by atoms with Crippen LogP contribution in [0.2, 0.25) is 10.0 Å². The maximum Gasteiger partial charge on any atom is 0.311 e. The summed E-state index contributed by atoms with van der Waals surface area (Å²) >= 11 is 12.9. The van der Waals surface area contributed by atoms with E-state index < -0.39 is 5.92 Å². The molecule has 1 fully saturated rings. The van der Waals surface area contributed by atoms with Gasteiger partial charge in [-0.3, -0.25) is 9.59 Å². The van der Waals surface area contributed by atoms with Gasteiger partial charge in [0.05, 0.1) is 28.9 Å². The van der Waals surface area contributed by atoms with Crippen LogP contribution in [0.4, 0.5) is 4.39 Å². The molecule has 1 aromatic heterocycles. The number of nitrogens with zero attached hydrogens (tertiary/aromatic N) is 2. The quantitative estimate of drug-likeness (QED) is 0.184. The first kappa shape index (κ1) is 28.0. The van der Waals surface area contributed by atoms with Gasteiger partial charge in [0.25, 0.3) is 5.91 Å². The predicted molar refractivity (Wildman–Crippen MR) is 156 cm³/mol. The zero-order chi connectivity index (χ0) is 28.7. The lowest BCUT2D eigenvalue weighted by atomic mass is 9.88. The summed E-state index contributed by atoms with van der Waals surface area (Å²) in [6.45, 7) is 2.09. The number of allylic oxidation sites excluding steroid dienone is 1. The van der Waals surface area contributed by atoms with Gasteiger partial charge in [-0.2, -0.15) is 5.10 Å². The highest BCUT2D eigenvalue weighted by Gasteiger charge is 2.50. The molecule has 3 unspecified atom stereocenters. The standard InChI is InChI=1S/C32H32Cl2FN3O3/c1-2-41-32(40)27-19-10-11-20(16-19)28(27)36-31(39)29-24-9-4-3-7-21(14-18-6-5-8-23(35)15-18)30(24)38(37-29)26-13-12-22(33)17-25(26)34/h5-6,8,10-13,15,17,19-21,27-28H,2-4,7,9,14,16H2,1H3,(H,36,39)/t19?,20?,21?,27-,28+/m0/s1. The van der Waals surface area contributed by atoms with Gasteiger partial charge < -0.3 is 10.1 Å². The highest BCUT2D eigenvalue weighted by molar-refractivity contribution is 6.35. The number of carbonyl (C=O) groups excluding carboxylic acids is 2. The number of hydrogen-bond acceptors (Lipinski definition) is 4. The number of rotatable bonds is 7. The van der Waals surface area contributed by atoms with Crippen molar-refractivity contribution >= 4 is 35.1 Å². The van der Waals surface area contributed by atoms with Crippen molar-refractivity contribution in [3.05, 3.63) is 93.0 Å². The van der Waals surface area contributed by atoms with Crippen LogP contribution >= 0.6 is 23.2 Å². The molecule has 1 N–H and O–H groups in total. The second kappa shape index (κ2) is 11.6. The van der Waals surface area contributed by atoms with Crippen molar-refractivity contribution < 1.29 is 18.7 Å². The summed E-state index contributed by atoms with van der Waals surface area (Å²) in [5, 5.41) is 8.98. The topological polar surface area (TPSA) is 73.2 Å². The van der Waals surface area contributed by atoms with E-state index >= 15 is 0 Å². The molecule has 1 saturated carbocycles. The highest BCUT2D eigenvalue weighted by atomic mass is 35.5. The molecule has 0 radical (unpaired) electrons. The minimum atomic E-state index is -0.416. The Bertz CT molecular complexity index is 1520. The van der Waals surface area contributed by atoms with Gasteiger partial charge in [-0.25, -0.2) is 9.07 Å². The van der Waals surface area contributed by atoms with Crippen LogP contribution in [-0.2, 0) is 22.4 Å². The summed E-state index contributed by atoms with van der Waals surface area (Å²) < 4.78 is 21.2. The third-order valence-electron chi connectivity index (χ3n) is 8.68. The smallest absolute Gasteiger partial charge is 0.311 e. The van der Waals surface area contributed by atoms with Gasteiger partial charge in [0, 0.05) is 22.5 Å². The Morgan fingerprint density at radius 1 is 1.12 bits per heavy atom. The Balaban J connectivity index is 1.41. The SMILES string of the molecule is CCOC(=O)[C@H]1C2C=CC(C2)[C@H]1NC(=O)c1nn(-c2ccc(Cl)cc2Cl)c2c1CCCCC2Cc1cccc(F)c1. The Morgan fingerprint density at radius 2 is 1.95 bits per heavy atom. The molecule has 6 rings (SSSR count). The average Bonchev–Trinajstić information content (AvgIpc) is 3.60. The van der Waals surface area contributed by atoms with Gasteiger partial charge in [0.15, 0.2) is 5.69 Å². The summed E-state index contributed by atoms with van der Waals surface area (Å²) in [6.07, 6.45) is 8.98. The number of benzene rings is 2. The maximum absolute atomic E-state index is 14.1. The van der Waals surface area contributed by atoms with Crippen LogP contribution in [0, 0.1) is 23.6 Å². The number of aromatic nitrogens is 2. The second-order valence-electron chi connectivity index (χ2n) is 11.2. The molecule has 5 atom stereocenters. The van der Waals surface area contributed by atoms with Gasteiger partial charge in [0.1, 0.15) is 5.82 Å². The van der Waals surface area contributed by atoms with Crippen LogP contribution < -0.4 is 5.32 Å². The minimum Gasteiger partial charge on any atom is -0.466 e. The monoisotopic (exact) mass is 595 g/mol. The summed E-state index contributed by atoms with van der Waals surface area (Å²) in [4.78, 5) is 26.9. The van der Waals surface area contributed by atoms with Gasteiger partial charge in [-0.05, 0) is 86.8 Å². The van der Waals surface area contributed by atoms with Crippen molar-refractivity contribution in [1.29, 1.82) is 0 Å². The first-order chi connectivity index (χ1) is 19.8. The lowest BCUT2D eigenvalue weighted by Gasteiger charge is -2.27. The van der Waals surface area contributed by atoms with Crippen molar-refractivity contribution in [2.45, 2.75) is 57.4 Å². The highest BCUT2D eigenvalue weighted by Crippen LogP contribution is 2.45. The van der Waals surface area contributed by atoms with E-state index in [2.05, 4.69) is 17.5 Å². The fraction of sp³-hybridized carbons (Fsp3) is 0.406. The van der Waals surface area contributed by atoms with Crippen molar-refractivity contribution in [3.8, 4) is 5.69 Å². The number of halogens is 3. The molecule has 2 aromatic carbocycles. The fourth-order valence-electron chi connectivity index (χ4n) is 6.92. The molecule has 0 aliphatic heterocycles. The van der Waals surface area contributed by atoms with Crippen molar-refractivity contribution in [2.24, 2.45) is 17.8 Å². The van der Waals surface area contributed by atoms with Gasteiger partial charge in [-0.15, -0.1) is 0 Å². The van der Waals surface area contributed by atoms with Crippen molar-refractivity contribution in [1.82, 2.24) is 15.1 Å². The predicted octanol–water partition coefficient (Wildman–Crippen LogP) is 6.85. The van der Waals surface area contributed by atoms with Crippen LogP contribution in [0.1, 0.15) is 65.8 Å². The molecule has 41 heavy (non-hydrogen) atoms. The molecule has 6 nitrogen and oxygen atoms in total. The van der Waals surface area contributed by atoms with Crippen LogP contribution in [0.3, 0.4) is 0 Å². The summed E-state index contributed by atoms with van der Waals surface area (Å²) in [5.74, 6) is -1.15. The molecule has 3 aliphatic carbocycles. The summed E-state index contributed by atoms with van der Waals surface area (Å²) in [7, 11) is 0. The molecular formula is C32H32Cl2FN3O3. The third-order valence-corrected chi connectivity index (χ3v) is 9.22. The number of carbonyl (C=O) groups is 2. The Kier molecular flexibility index (Phi) is 7.92. The molecule has 3 aromatic rings. The van der Waals surface area contributed by atoms with E-state index in [0.717, 1.165) is 42.5 Å². The fourth-order valence-corrected chi connectivity index (χ4v) is 7.41. The number of ether oxygens (including phenoxy) is 1. The number of amides is 1. The van der Waals surface area contributed by atoms with Crippen LogP contribution in [0.15, 0.2) is 54.6 Å². The molecular weight excluding hydrogens is 564 g/mol. The molecule has 0 saturated heterocycles. The summed E-state index contributed by atoms with van der Waals surface area (Å²) in [5.41, 5.74) is 3.64. The van der Waals surface area contributed by atoms with Crippen molar-refractivity contribution in [2.75, 3.05) is 6.61 Å². The Labute approximate surface area is 248 Å². The van der Waals surface area contributed by atoms with Gasteiger partial charge in [0.2, 0.25) is 0 Å². The van der Waals surface area contributed by atoms with E-state index in [1.54, 1.807) is 41.9 Å². The number of fused-ring (bicyclic) bond motifs is 3. The lowest BCUT2D eigenvalue weighted by Crippen LogP contribution is -2.46. The molecule has 214 valence electrons. The second-order valence-corrected chi connectivity index (χ2v) is 12.1. The van der Waals surface area contributed by atoms with E-state index in [4.69, 9.17) is 33.0 Å². The normalized spacial score (nSPS) is 24.6. The first-order valence-electron chi connectivity index (χ1n) is 14.3. The molecule has 0 spiro atoms. The summed E-state index contributed by atoms with van der Waals surface area (Å²) in [6, 6.07) is 11.5. The van der Waals surface area contributed by atoms with Crippen LogP contribution in [0.5, 0.6) is 0 Å².